The quantitative estimate of drug-likeness (QED) is 0.943. The van der Waals surface area contributed by atoms with Crippen LogP contribution in [0.5, 0.6) is 0 Å². The van der Waals surface area contributed by atoms with Crippen molar-refractivity contribution in [3.8, 4) is 11.3 Å². The van der Waals surface area contributed by atoms with Gasteiger partial charge in [0.05, 0.1) is 11.6 Å². The van der Waals surface area contributed by atoms with Crippen LogP contribution in [0.4, 0.5) is 5.13 Å². The van der Waals surface area contributed by atoms with Gasteiger partial charge in [-0.25, -0.2) is 4.98 Å². The molecule has 0 radical (unpaired) electrons. The van der Waals surface area contributed by atoms with E-state index in [1.165, 1.54) is 0 Å². The molecule has 0 bridgehead atoms. The maximum absolute atomic E-state index is 11.2. The second-order valence-corrected chi connectivity index (χ2v) is 6.04. The Morgan fingerprint density at radius 1 is 1.35 bits per heavy atom. The molecule has 3 rings (SSSR count). The van der Waals surface area contributed by atoms with E-state index in [0.29, 0.717) is 6.54 Å². The Bertz CT molecular complexity index is 611. The molecule has 5 heteroatoms. The number of hydrogen-bond donors (Lipinski definition) is 1. The summed E-state index contributed by atoms with van der Waals surface area (Å²) in [6.07, 6.45) is 0. The smallest absolute Gasteiger partial charge is 0.308 e. The molecule has 0 amide bonds. The average molecular weight is 288 g/mol. The molecule has 0 saturated carbocycles. The predicted molar refractivity (Wildman–Crippen MR) is 80.1 cm³/mol. The number of rotatable bonds is 3. The number of carbonyl (C=O) groups is 1. The van der Waals surface area contributed by atoms with E-state index in [9.17, 15) is 9.90 Å². The first-order valence-corrected chi connectivity index (χ1v) is 7.52. The summed E-state index contributed by atoms with van der Waals surface area (Å²) in [7, 11) is 0. The Kier molecular flexibility index (Phi) is 3.44. The predicted octanol–water partition coefficient (Wildman–Crippen LogP) is 2.97. The summed E-state index contributed by atoms with van der Waals surface area (Å²) in [5, 5.41) is 12.1. The molecule has 2 unspecified atom stereocenters. The monoisotopic (exact) mass is 288 g/mol. The third-order valence-corrected chi connectivity index (χ3v) is 4.66. The fraction of sp³-hybridized carbons (Fsp3) is 0.333. The van der Waals surface area contributed by atoms with Gasteiger partial charge in [0.1, 0.15) is 0 Å². The van der Waals surface area contributed by atoms with Gasteiger partial charge in [0.2, 0.25) is 0 Å². The summed E-state index contributed by atoms with van der Waals surface area (Å²) in [4.78, 5) is 17.9. The second kappa shape index (κ2) is 5.25. The van der Waals surface area contributed by atoms with Crippen molar-refractivity contribution in [1.82, 2.24) is 4.98 Å². The zero-order chi connectivity index (χ0) is 14.1. The summed E-state index contributed by atoms with van der Waals surface area (Å²) < 4.78 is 0. The van der Waals surface area contributed by atoms with Crippen molar-refractivity contribution in [2.24, 2.45) is 11.8 Å². The zero-order valence-electron chi connectivity index (χ0n) is 11.2. The minimum absolute atomic E-state index is 0.163. The van der Waals surface area contributed by atoms with E-state index in [4.69, 9.17) is 0 Å². The van der Waals surface area contributed by atoms with Gasteiger partial charge in [0, 0.05) is 24.0 Å². The lowest BCUT2D eigenvalue weighted by molar-refractivity contribution is -0.142. The van der Waals surface area contributed by atoms with Crippen molar-refractivity contribution < 1.29 is 9.90 Å². The molecule has 1 saturated heterocycles. The molecular weight excluding hydrogens is 272 g/mol. The van der Waals surface area contributed by atoms with Gasteiger partial charge in [-0.05, 0) is 5.92 Å². The van der Waals surface area contributed by atoms with E-state index in [0.717, 1.165) is 22.9 Å². The first-order valence-electron chi connectivity index (χ1n) is 6.64. The fourth-order valence-electron chi connectivity index (χ4n) is 2.60. The topological polar surface area (TPSA) is 53.4 Å². The van der Waals surface area contributed by atoms with Crippen molar-refractivity contribution >= 4 is 22.4 Å². The maximum Gasteiger partial charge on any atom is 0.308 e. The lowest BCUT2D eigenvalue weighted by Crippen LogP contribution is -2.22. The highest BCUT2D eigenvalue weighted by molar-refractivity contribution is 7.14. The zero-order valence-corrected chi connectivity index (χ0v) is 12.0. The molecule has 1 aromatic heterocycles. The van der Waals surface area contributed by atoms with Gasteiger partial charge in [0.25, 0.3) is 0 Å². The van der Waals surface area contributed by atoms with E-state index >= 15 is 0 Å². The lowest BCUT2D eigenvalue weighted by atomic mass is 9.99. The number of anilines is 1. The highest BCUT2D eigenvalue weighted by atomic mass is 32.1. The number of thiazole rings is 1. The van der Waals surface area contributed by atoms with E-state index in [-0.39, 0.29) is 11.8 Å². The fourth-order valence-corrected chi connectivity index (χ4v) is 3.45. The molecule has 0 aliphatic carbocycles. The SMILES string of the molecule is CC1CN(c2nc(-c3ccccc3)cs2)CC1C(=O)O. The van der Waals surface area contributed by atoms with E-state index in [1.807, 2.05) is 42.6 Å². The van der Waals surface area contributed by atoms with Crippen molar-refractivity contribution in [3.63, 3.8) is 0 Å². The number of hydrogen-bond acceptors (Lipinski definition) is 4. The molecule has 4 nitrogen and oxygen atoms in total. The molecule has 2 aromatic rings. The van der Waals surface area contributed by atoms with E-state index < -0.39 is 5.97 Å². The Morgan fingerprint density at radius 3 is 2.75 bits per heavy atom. The largest absolute Gasteiger partial charge is 0.481 e. The molecule has 104 valence electrons. The standard InChI is InChI=1S/C15H16N2O2S/c1-10-7-17(8-12(10)14(18)19)15-16-13(9-20-15)11-5-3-2-4-6-11/h2-6,9-10,12H,7-8H2,1H3,(H,18,19). The number of carboxylic acids is 1. The van der Waals surface area contributed by atoms with Crippen molar-refractivity contribution in [2.75, 3.05) is 18.0 Å². The number of aromatic nitrogens is 1. The van der Waals surface area contributed by atoms with Gasteiger partial charge in [0.15, 0.2) is 5.13 Å². The molecular formula is C15H16N2O2S. The Balaban J connectivity index is 1.80. The third kappa shape index (κ3) is 2.41. The molecule has 1 fully saturated rings. The molecule has 1 aromatic carbocycles. The Hall–Kier alpha value is -1.88. The minimum atomic E-state index is -0.708. The van der Waals surface area contributed by atoms with Gasteiger partial charge in [-0.2, -0.15) is 0 Å². The lowest BCUT2D eigenvalue weighted by Gasteiger charge is -2.13. The molecule has 20 heavy (non-hydrogen) atoms. The number of carboxylic acid groups (broad SMARTS) is 1. The Labute approximate surface area is 121 Å². The molecule has 1 N–H and O–H groups in total. The maximum atomic E-state index is 11.2. The number of nitrogens with zero attached hydrogens (tertiary/aromatic N) is 2. The summed E-state index contributed by atoms with van der Waals surface area (Å²) in [5.74, 6) is -0.838. The minimum Gasteiger partial charge on any atom is -0.481 e. The molecule has 1 aliphatic heterocycles. The molecule has 2 heterocycles. The summed E-state index contributed by atoms with van der Waals surface area (Å²) in [5.41, 5.74) is 2.05. The van der Waals surface area contributed by atoms with Crippen LogP contribution >= 0.6 is 11.3 Å². The average Bonchev–Trinajstić information content (AvgIpc) is 3.06. The van der Waals surface area contributed by atoms with Gasteiger partial charge in [-0.15, -0.1) is 11.3 Å². The van der Waals surface area contributed by atoms with Crippen LogP contribution in [-0.4, -0.2) is 29.1 Å². The first-order chi connectivity index (χ1) is 9.65. The van der Waals surface area contributed by atoms with Gasteiger partial charge < -0.3 is 10.0 Å². The van der Waals surface area contributed by atoms with Crippen molar-refractivity contribution in [1.29, 1.82) is 0 Å². The van der Waals surface area contributed by atoms with Crippen LogP contribution in [0, 0.1) is 11.8 Å². The van der Waals surface area contributed by atoms with Crippen molar-refractivity contribution in [2.45, 2.75) is 6.92 Å². The van der Waals surface area contributed by atoms with Crippen LogP contribution in [0.2, 0.25) is 0 Å². The Morgan fingerprint density at radius 2 is 2.10 bits per heavy atom. The normalized spacial score (nSPS) is 22.1. The molecule has 1 aliphatic rings. The van der Waals surface area contributed by atoms with E-state index in [1.54, 1.807) is 11.3 Å². The van der Waals surface area contributed by atoms with Crippen LogP contribution < -0.4 is 4.90 Å². The number of benzene rings is 1. The summed E-state index contributed by atoms with van der Waals surface area (Å²) in [6.45, 7) is 3.31. The first kappa shape index (κ1) is 13.1. The summed E-state index contributed by atoms with van der Waals surface area (Å²) >= 11 is 1.58. The second-order valence-electron chi connectivity index (χ2n) is 5.21. The van der Waals surface area contributed by atoms with Crippen LogP contribution in [0.25, 0.3) is 11.3 Å². The highest BCUT2D eigenvalue weighted by Gasteiger charge is 2.35. The van der Waals surface area contributed by atoms with Crippen molar-refractivity contribution in [3.05, 3.63) is 35.7 Å². The number of aliphatic carboxylic acids is 1. The molecule has 0 spiro atoms. The molecule has 2 atom stereocenters. The van der Waals surface area contributed by atoms with Gasteiger partial charge in [-0.1, -0.05) is 37.3 Å². The van der Waals surface area contributed by atoms with Crippen LogP contribution in [0.1, 0.15) is 6.92 Å². The van der Waals surface area contributed by atoms with Crippen LogP contribution in [0.15, 0.2) is 35.7 Å². The highest BCUT2D eigenvalue weighted by Crippen LogP contribution is 2.32. The third-order valence-electron chi connectivity index (χ3n) is 3.76. The van der Waals surface area contributed by atoms with Crippen LogP contribution in [-0.2, 0) is 4.79 Å². The van der Waals surface area contributed by atoms with Gasteiger partial charge >= 0.3 is 5.97 Å². The summed E-state index contributed by atoms with van der Waals surface area (Å²) in [6, 6.07) is 10.0. The van der Waals surface area contributed by atoms with Crippen LogP contribution in [0.3, 0.4) is 0 Å². The van der Waals surface area contributed by atoms with Gasteiger partial charge in [-0.3, -0.25) is 4.79 Å². The van der Waals surface area contributed by atoms with E-state index in [2.05, 4.69) is 9.88 Å².